The molecule has 2 aliphatic rings. The normalized spacial score (nSPS) is 26.8. The van der Waals surface area contributed by atoms with Crippen molar-refractivity contribution in [1.82, 2.24) is 9.97 Å². The molecule has 2 aromatic rings. The summed E-state index contributed by atoms with van der Waals surface area (Å²) >= 11 is 1.65. The highest BCUT2D eigenvalue weighted by Gasteiger charge is 2.33. The second kappa shape index (κ2) is 8.22. The molecule has 2 fully saturated rings. The van der Waals surface area contributed by atoms with Gasteiger partial charge in [0.15, 0.2) is 5.13 Å². The molecule has 1 saturated heterocycles. The molecule has 4 rings (SSSR count). The Labute approximate surface area is 164 Å². The summed E-state index contributed by atoms with van der Waals surface area (Å²) in [5.41, 5.74) is 15.4. The van der Waals surface area contributed by atoms with E-state index in [0.29, 0.717) is 5.92 Å². The van der Waals surface area contributed by atoms with Crippen LogP contribution >= 0.6 is 11.3 Å². The Kier molecular flexibility index (Phi) is 5.73. The van der Waals surface area contributed by atoms with Gasteiger partial charge in [-0.05, 0) is 56.6 Å². The molecule has 6 nitrogen and oxygen atoms in total. The van der Waals surface area contributed by atoms with Gasteiger partial charge < -0.3 is 21.5 Å². The lowest BCUT2D eigenvalue weighted by atomic mass is 9.78. The number of aromatic nitrogens is 2. The molecule has 1 aliphatic carbocycles. The third kappa shape index (κ3) is 4.48. The van der Waals surface area contributed by atoms with Crippen LogP contribution in [0.1, 0.15) is 44.2 Å². The number of pyridine rings is 1. The van der Waals surface area contributed by atoms with Crippen molar-refractivity contribution in [2.24, 2.45) is 17.4 Å². The Morgan fingerprint density at radius 1 is 1.22 bits per heavy atom. The first-order chi connectivity index (χ1) is 13.1. The number of nitrogens with one attached hydrogen (secondary N) is 1. The van der Waals surface area contributed by atoms with Crippen molar-refractivity contribution in [1.29, 1.82) is 0 Å². The van der Waals surface area contributed by atoms with Gasteiger partial charge in [-0.3, -0.25) is 4.98 Å². The number of nitrogens with zero attached hydrogens (tertiary/aromatic N) is 2. The Hall–Kier alpha value is -1.54. The van der Waals surface area contributed by atoms with E-state index in [4.69, 9.17) is 21.2 Å². The van der Waals surface area contributed by atoms with E-state index in [1.807, 2.05) is 12.3 Å². The van der Waals surface area contributed by atoms with Crippen molar-refractivity contribution in [2.75, 3.05) is 25.1 Å². The summed E-state index contributed by atoms with van der Waals surface area (Å²) in [5.74, 6) is 0.674. The fourth-order valence-corrected chi connectivity index (χ4v) is 4.67. The number of anilines is 1. The van der Waals surface area contributed by atoms with Crippen LogP contribution in [0.15, 0.2) is 23.7 Å². The molecule has 7 heteroatoms. The van der Waals surface area contributed by atoms with Gasteiger partial charge in [-0.1, -0.05) is 0 Å². The topological polar surface area (TPSA) is 99.1 Å². The predicted molar refractivity (Wildman–Crippen MR) is 110 cm³/mol. The second-order valence-electron chi connectivity index (χ2n) is 7.90. The number of hydrogen-bond donors (Lipinski definition) is 3. The first-order valence-corrected chi connectivity index (χ1v) is 10.8. The van der Waals surface area contributed by atoms with Crippen molar-refractivity contribution in [2.45, 2.75) is 50.1 Å². The molecule has 27 heavy (non-hydrogen) atoms. The summed E-state index contributed by atoms with van der Waals surface area (Å²) in [6.45, 7) is 2.71. The fourth-order valence-electron chi connectivity index (χ4n) is 3.94. The molecule has 3 heterocycles. The van der Waals surface area contributed by atoms with E-state index in [0.717, 1.165) is 80.4 Å². The maximum absolute atomic E-state index is 6.67. The number of ether oxygens (including phenoxy) is 1. The quantitative estimate of drug-likeness (QED) is 0.729. The third-order valence-corrected chi connectivity index (χ3v) is 6.68. The number of rotatable bonds is 5. The predicted octanol–water partition coefficient (Wildman–Crippen LogP) is 3.10. The zero-order valence-electron chi connectivity index (χ0n) is 15.7. The molecule has 0 amide bonds. The maximum atomic E-state index is 6.67. The Balaban J connectivity index is 1.44. The summed E-state index contributed by atoms with van der Waals surface area (Å²) in [7, 11) is 0. The minimum Gasteiger partial charge on any atom is -0.381 e. The zero-order chi connectivity index (χ0) is 18.7. The monoisotopic (exact) mass is 387 g/mol. The standard InChI is InChI=1S/C20H29N5OS/c21-16-1-6-20(22,7-2-16)18-11-15(3-8-23-18)17-13-27-19(25-17)24-12-14-4-9-26-10-5-14/h3,8,11,13-14,16H,1-2,4-7,9-10,12,21-22H2,(H,24,25). The van der Waals surface area contributed by atoms with Crippen LogP contribution in [0.2, 0.25) is 0 Å². The Bertz CT molecular complexity index is 750. The highest BCUT2D eigenvalue weighted by atomic mass is 32.1. The minimum atomic E-state index is -0.369. The van der Waals surface area contributed by atoms with Gasteiger partial charge in [0.05, 0.1) is 16.9 Å². The average Bonchev–Trinajstić information content (AvgIpc) is 3.19. The smallest absolute Gasteiger partial charge is 0.183 e. The van der Waals surface area contributed by atoms with Crippen molar-refractivity contribution < 1.29 is 4.74 Å². The largest absolute Gasteiger partial charge is 0.381 e. The second-order valence-corrected chi connectivity index (χ2v) is 8.76. The van der Waals surface area contributed by atoms with Gasteiger partial charge in [0, 0.05) is 42.9 Å². The molecule has 0 radical (unpaired) electrons. The van der Waals surface area contributed by atoms with Gasteiger partial charge >= 0.3 is 0 Å². The van der Waals surface area contributed by atoms with Gasteiger partial charge in [0.2, 0.25) is 0 Å². The van der Waals surface area contributed by atoms with E-state index in [1.165, 1.54) is 0 Å². The minimum absolute atomic E-state index is 0.271. The van der Waals surface area contributed by atoms with Gasteiger partial charge in [0.1, 0.15) is 0 Å². The molecule has 2 aromatic heterocycles. The van der Waals surface area contributed by atoms with Crippen molar-refractivity contribution in [3.8, 4) is 11.3 Å². The van der Waals surface area contributed by atoms with Crippen molar-refractivity contribution in [3.05, 3.63) is 29.4 Å². The molecule has 0 spiro atoms. The summed E-state index contributed by atoms with van der Waals surface area (Å²) in [4.78, 5) is 9.35. The lowest BCUT2D eigenvalue weighted by Crippen LogP contribution is -2.44. The van der Waals surface area contributed by atoms with Crippen LogP contribution in [-0.2, 0) is 10.3 Å². The highest BCUT2D eigenvalue weighted by Crippen LogP contribution is 2.35. The van der Waals surface area contributed by atoms with Crippen LogP contribution in [0.4, 0.5) is 5.13 Å². The molecule has 146 valence electrons. The summed E-state index contributed by atoms with van der Waals surface area (Å²) in [5, 5.41) is 6.57. The SMILES string of the molecule is NC1CCC(N)(c2cc(-c3csc(NCC4CCOCC4)n3)ccn2)CC1. The average molecular weight is 388 g/mol. The van der Waals surface area contributed by atoms with Crippen LogP contribution in [0.5, 0.6) is 0 Å². The lowest BCUT2D eigenvalue weighted by molar-refractivity contribution is 0.0699. The van der Waals surface area contributed by atoms with E-state index in [1.54, 1.807) is 11.3 Å². The van der Waals surface area contributed by atoms with Crippen molar-refractivity contribution >= 4 is 16.5 Å². The first kappa shape index (κ1) is 18.8. The third-order valence-electron chi connectivity index (χ3n) is 5.88. The van der Waals surface area contributed by atoms with E-state index >= 15 is 0 Å². The van der Waals surface area contributed by atoms with E-state index in [9.17, 15) is 0 Å². The van der Waals surface area contributed by atoms with Crippen LogP contribution in [-0.4, -0.2) is 35.8 Å². The summed E-state index contributed by atoms with van der Waals surface area (Å²) in [6, 6.07) is 4.39. The molecular formula is C20H29N5OS. The molecule has 0 bridgehead atoms. The molecule has 0 aromatic carbocycles. The zero-order valence-corrected chi connectivity index (χ0v) is 16.5. The van der Waals surface area contributed by atoms with E-state index < -0.39 is 0 Å². The lowest BCUT2D eigenvalue weighted by Gasteiger charge is -2.35. The summed E-state index contributed by atoms with van der Waals surface area (Å²) in [6.07, 6.45) is 7.79. The highest BCUT2D eigenvalue weighted by molar-refractivity contribution is 7.14. The molecule has 1 aliphatic heterocycles. The maximum Gasteiger partial charge on any atom is 0.183 e. The molecule has 0 unspecified atom stereocenters. The Morgan fingerprint density at radius 2 is 2.00 bits per heavy atom. The van der Waals surface area contributed by atoms with Crippen molar-refractivity contribution in [3.63, 3.8) is 0 Å². The van der Waals surface area contributed by atoms with Crippen LogP contribution in [0.25, 0.3) is 11.3 Å². The van der Waals surface area contributed by atoms with Crippen LogP contribution in [0.3, 0.4) is 0 Å². The van der Waals surface area contributed by atoms with Gasteiger partial charge in [-0.15, -0.1) is 11.3 Å². The van der Waals surface area contributed by atoms with Gasteiger partial charge in [-0.2, -0.15) is 0 Å². The molecular weight excluding hydrogens is 358 g/mol. The van der Waals surface area contributed by atoms with Gasteiger partial charge in [0.25, 0.3) is 0 Å². The van der Waals surface area contributed by atoms with Crippen LogP contribution < -0.4 is 16.8 Å². The molecule has 5 N–H and O–H groups in total. The number of nitrogens with two attached hydrogens (primary N) is 2. The molecule has 0 atom stereocenters. The van der Waals surface area contributed by atoms with E-state index in [2.05, 4.69) is 21.7 Å². The fraction of sp³-hybridized carbons (Fsp3) is 0.600. The first-order valence-electron chi connectivity index (χ1n) is 9.91. The van der Waals surface area contributed by atoms with Gasteiger partial charge in [-0.25, -0.2) is 4.98 Å². The van der Waals surface area contributed by atoms with E-state index in [-0.39, 0.29) is 11.6 Å². The summed E-state index contributed by atoms with van der Waals surface area (Å²) < 4.78 is 5.42. The Morgan fingerprint density at radius 3 is 2.78 bits per heavy atom. The number of hydrogen-bond acceptors (Lipinski definition) is 7. The number of thiazole rings is 1. The molecule has 1 saturated carbocycles. The van der Waals surface area contributed by atoms with Crippen LogP contribution in [0, 0.1) is 5.92 Å².